The predicted octanol–water partition coefficient (Wildman–Crippen LogP) is 0.126. The van der Waals surface area contributed by atoms with Gasteiger partial charge in [-0.15, -0.1) is 0 Å². The van der Waals surface area contributed by atoms with Crippen molar-refractivity contribution in [1.29, 1.82) is 0 Å². The molecule has 4 nitrogen and oxygen atoms in total. The van der Waals surface area contributed by atoms with Gasteiger partial charge in [0.2, 0.25) is 0 Å². The Morgan fingerprint density at radius 1 is 1.53 bits per heavy atom. The van der Waals surface area contributed by atoms with Gasteiger partial charge in [0.15, 0.2) is 5.37 Å². The molecule has 2 rings (SSSR count). The first-order chi connectivity index (χ1) is 7.99. The van der Waals surface area contributed by atoms with E-state index in [1.165, 1.54) is 17.8 Å². The van der Waals surface area contributed by atoms with Gasteiger partial charge in [0.1, 0.15) is 17.8 Å². The summed E-state index contributed by atoms with van der Waals surface area (Å²) in [6, 6.07) is 2.43. The second-order valence-electron chi connectivity index (χ2n) is 3.70. The number of aliphatic carboxylic acids is 1. The number of hydrogen-bond acceptors (Lipinski definition) is 4. The third-order valence-corrected chi connectivity index (χ3v) is 4.36. The molecule has 0 spiro atoms. The van der Waals surface area contributed by atoms with Crippen LogP contribution in [0.1, 0.15) is 10.9 Å². The van der Waals surface area contributed by atoms with Crippen LogP contribution in [0.2, 0.25) is 10.0 Å². The van der Waals surface area contributed by atoms with Crippen LogP contribution < -0.4 is 10.4 Å². The summed E-state index contributed by atoms with van der Waals surface area (Å²) in [7, 11) is 0. The summed E-state index contributed by atoms with van der Waals surface area (Å²) in [6.07, 6.45) is 0. The van der Waals surface area contributed by atoms with Crippen LogP contribution in [0.15, 0.2) is 12.1 Å². The fraction of sp³-hybridized carbons (Fsp3) is 0.300. The lowest BCUT2D eigenvalue weighted by molar-refractivity contribution is -0.690. The maximum absolute atomic E-state index is 10.7. The number of carboxylic acids is 1. The Balaban J connectivity index is 2.27. The molecule has 0 unspecified atom stereocenters. The van der Waals surface area contributed by atoms with Crippen LogP contribution in [0.4, 0.5) is 0 Å². The molecular formula is C10H9Cl2NO3S. The highest BCUT2D eigenvalue weighted by atomic mass is 35.5. The Bertz CT molecular complexity index is 469. The first kappa shape index (κ1) is 12.8. The molecule has 0 aliphatic carbocycles. The number of phenols is 1. The van der Waals surface area contributed by atoms with Crippen LogP contribution in [0.25, 0.3) is 0 Å². The molecule has 17 heavy (non-hydrogen) atoms. The smallest absolute Gasteiger partial charge is 0.163 e. The minimum Gasteiger partial charge on any atom is -0.544 e. The number of rotatable bonds is 2. The van der Waals surface area contributed by atoms with Crippen LogP contribution in [0.5, 0.6) is 5.75 Å². The highest BCUT2D eigenvalue weighted by molar-refractivity contribution is 7.99. The summed E-state index contributed by atoms with van der Waals surface area (Å²) >= 11 is 13.1. The van der Waals surface area contributed by atoms with E-state index in [9.17, 15) is 15.0 Å². The van der Waals surface area contributed by atoms with Crippen LogP contribution in [0, 0.1) is 0 Å². The molecule has 1 fully saturated rings. The molecule has 0 aromatic heterocycles. The molecule has 0 bridgehead atoms. The Hall–Kier alpha value is -0.620. The van der Waals surface area contributed by atoms with Crippen LogP contribution in [-0.2, 0) is 4.79 Å². The third-order valence-electron chi connectivity index (χ3n) is 2.53. The van der Waals surface area contributed by atoms with Crippen molar-refractivity contribution in [2.45, 2.75) is 11.4 Å². The van der Waals surface area contributed by atoms with Crippen molar-refractivity contribution in [3.63, 3.8) is 0 Å². The highest BCUT2D eigenvalue weighted by Gasteiger charge is 2.33. The van der Waals surface area contributed by atoms with Crippen molar-refractivity contribution in [2.24, 2.45) is 0 Å². The van der Waals surface area contributed by atoms with Crippen molar-refractivity contribution >= 4 is 40.9 Å². The number of quaternary nitrogens is 1. The number of benzene rings is 1. The summed E-state index contributed by atoms with van der Waals surface area (Å²) in [4.78, 5) is 10.7. The largest absolute Gasteiger partial charge is 0.544 e. The average Bonchev–Trinajstić information content (AvgIpc) is 2.72. The molecule has 1 aliphatic heterocycles. The van der Waals surface area contributed by atoms with Gasteiger partial charge in [0.05, 0.1) is 16.3 Å². The van der Waals surface area contributed by atoms with E-state index in [0.29, 0.717) is 16.3 Å². The van der Waals surface area contributed by atoms with E-state index in [-0.39, 0.29) is 16.1 Å². The molecule has 1 aromatic carbocycles. The van der Waals surface area contributed by atoms with E-state index in [2.05, 4.69) is 0 Å². The zero-order chi connectivity index (χ0) is 12.6. The monoisotopic (exact) mass is 293 g/mol. The van der Waals surface area contributed by atoms with Gasteiger partial charge in [-0.3, -0.25) is 0 Å². The van der Waals surface area contributed by atoms with E-state index >= 15 is 0 Å². The molecule has 3 N–H and O–H groups in total. The molecule has 1 saturated heterocycles. The minimum atomic E-state index is -1.10. The quantitative estimate of drug-likeness (QED) is 0.812. The van der Waals surface area contributed by atoms with E-state index in [4.69, 9.17) is 23.2 Å². The lowest BCUT2D eigenvalue weighted by atomic mass is 10.2. The number of carboxylic acid groups (broad SMARTS) is 1. The van der Waals surface area contributed by atoms with Gasteiger partial charge in [-0.05, 0) is 12.1 Å². The Morgan fingerprint density at radius 2 is 2.24 bits per heavy atom. The van der Waals surface area contributed by atoms with Gasteiger partial charge in [-0.2, -0.15) is 0 Å². The number of carbonyl (C=O) groups is 1. The zero-order valence-corrected chi connectivity index (χ0v) is 10.9. The SMILES string of the molecule is O=C([O-])[C@@H]1CS[C@H](c2cc(Cl)cc(Cl)c2O)[NH2+]1. The molecule has 1 heterocycles. The molecule has 2 atom stereocenters. The molecule has 0 amide bonds. The average molecular weight is 294 g/mol. The van der Waals surface area contributed by atoms with E-state index in [1.54, 1.807) is 11.4 Å². The third kappa shape index (κ3) is 2.63. The second kappa shape index (κ2) is 4.94. The van der Waals surface area contributed by atoms with Gasteiger partial charge in [-0.1, -0.05) is 35.0 Å². The number of thioether (sulfide) groups is 1. The Labute approximate surface area is 112 Å². The molecule has 0 saturated carbocycles. The van der Waals surface area contributed by atoms with Gasteiger partial charge >= 0.3 is 0 Å². The van der Waals surface area contributed by atoms with Crippen LogP contribution in [-0.4, -0.2) is 22.9 Å². The highest BCUT2D eigenvalue weighted by Crippen LogP contribution is 2.38. The zero-order valence-electron chi connectivity index (χ0n) is 8.52. The number of hydrogen-bond donors (Lipinski definition) is 2. The topological polar surface area (TPSA) is 77.0 Å². The van der Waals surface area contributed by atoms with Crippen LogP contribution in [0.3, 0.4) is 0 Å². The number of aromatic hydroxyl groups is 1. The van der Waals surface area contributed by atoms with Crippen molar-refractivity contribution in [1.82, 2.24) is 0 Å². The number of carbonyl (C=O) groups excluding carboxylic acids is 1. The standard InChI is InChI=1S/C10H9Cl2NO3S/c11-4-1-5(8(14)6(12)2-4)9-13-7(3-17-9)10(15)16/h1-2,7,9,13-14H,3H2,(H,15,16)/t7-,9+/m0/s1. The second-order valence-corrected chi connectivity index (χ2v) is 5.72. The maximum atomic E-state index is 10.7. The number of halogens is 2. The Morgan fingerprint density at radius 3 is 2.82 bits per heavy atom. The lowest BCUT2D eigenvalue weighted by Crippen LogP contribution is -2.90. The Kier molecular flexibility index (Phi) is 3.73. The van der Waals surface area contributed by atoms with Crippen molar-refractivity contribution in [3.05, 3.63) is 27.7 Å². The molecule has 7 heteroatoms. The molecular weight excluding hydrogens is 285 g/mol. The summed E-state index contributed by atoms with van der Waals surface area (Å²) in [5.41, 5.74) is 0.538. The molecule has 1 aliphatic rings. The normalized spacial score (nSPS) is 23.9. The van der Waals surface area contributed by atoms with E-state index in [1.807, 2.05) is 0 Å². The van der Waals surface area contributed by atoms with Gasteiger partial charge in [0, 0.05) is 5.02 Å². The van der Waals surface area contributed by atoms with Gasteiger partial charge < -0.3 is 20.3 Å². The maximum Gasteiger partial charge on any atom is 0.163 e. The van der Waals surface area contributed by atoms with Crippen molar-refractivity contribution in [3.8, 4) is 5.75 Å². The predicted molar refractivity (Wildman–Crippen MR) is 64.0 cm³/mol. The first-order valence-electron chi connectivity index (χ1n) is 4.84. The molecule has 0 radical (unpaired) electrons. The first-order valence-corrected chi connectivity index (χ1v) is 6.65. The minimum absolute atomic E-state index is 0.0520. The number of phenolic OH excluding ortho intramolecular Hbond substituents is 1. The lowest BCUT2D eigenvalue weighted by Gasteiger charge is -2.13. The summed E-state index contributed by atoms with van der Waals surface area (Å²) in [6.45, 7) is 0. The molecule has 1 aromatic rings. The fourth-order valence-corrected chi connectivity index (χ4v) is 3.50. The van der Waals surface area contributed by atoms with Gasteiger partial charge in [-0.25, -0.2) is 0 Å². The van der Waals surface area contributed by atoms with E-state index in [0.717, 1.165) is 0 Å². The molecule has 92 valence electrons. The van der Waals surface area contributed by atoms with Crippen LogP contribution >= 0.6 is 35.0 Å². The van der Waals surface area contributed by atoms with Crippen molar-refractivity contribution in [2.75, 3.05) is 5.75 Å². The van der Waals surface area contributed by atoms with Crippen molar-refractivity contribution < 1.29 is 20.3 Å². The van der Waals surface area contributed by atoms with Gasteiger partial charge in [0.25, 0.3) is 0 Å². The summed E-state index contributed by atoms with van der Waals surface area (Å²) < 4.78 is 0. The van der Waals surface area contributed by atoms with E-state index < -0.39 is 12.0 Å². The summed E-state index contributed by atoms with van der Waals surface area (Å²) in [5, 5.41) is 22.5. The summed E-state index contributed by atoms with van der Waals surface area (Å²) in [5.74, 6) is -0.729. The number of nitrogens with two attached hydrogens (primary N) is 1. The fourth-order valence-electron chi connectivity index (χ4n) is 1.67.